The molecule has 2 aromatic heterocycles. The topological polar surface area (TPSA) is 107 Å². The summed E-state index contributed by atoms with van der Waals surface area (Å²) in [5.41, 5.74) is 9.09. The number of hydrogen-bond acceptors (Lipinski definition) is 5. The first-order chi connectivity index (χ1) is 12.1. The Hall–Kier alpha value is -2.35. The van der Waals surface area contributed by atoms with E-state index in [0.717, 1.165) is 67.0 Å². The van der Waals surface area contributed by atoms with Crippen LogP contribution in [0.2, 0.25) is 0 Å². The number of aryl methyl sites for hydroxylation is 2. The Balaban J connectivity index is 2.07. The average molecular weight is 346 g/mol. The van der Waals surface area contributed by atoms with E-state index in [1.807, 2.05) is 17.8 Å². The zero-order valence-corrected chi connectivity index (χ0v) is 14.8. The monoisotopic (exact) mass is 346 g/mol. The van der Waals surface area contributed by atoms with Crippen LogP contribution in [0.15, 0.2) is 6.20 Å². The summed E-state index contributed by atoms with van der Waals surface area (Å²) in [5, 5.41) is 11.8. The van der Waals surface area contributed by atoms with E-state index in [2.05, 4.69) is 22.7 Å². The summed E-state index contributed by atoms with van der Waals surface area (Å²) >= 11 is 0. The van der Waals surface area contributed by atoms with E-state index < -0.39 is 6.03 Å². The van der Waals surface area contributed by atoms with Crippen LogP contribution in [0.3, 0.4) is 0 Å². The quantitative estimate of drug-likeness (QED) is 0.739. The summed E-state index contributed by atoms with van der Waals surface area (Å²) < 4.78 is 7.36. The SMILES string of the molecule is CCc1nc2c(cnn2CC)c(NC2CCOCC2)c1CNC(N)=O. The molecule has 0 bridgehead atoms. The molecule has 2 amide bonds. The standard InChI is InChI=1S/C17H26N6O2/c1-3-14-12(9-19-17(18)24)15(21-11-5-7-25-8-6-11)13-10-20-23(4-2)16(13)22-14/h10-11H,3-9H2,1-2H3,(H,21,22)(H3,18,19,24). The van der Waals surface area contributed by atoms with Gasteiger partial charge in [0.25, 0.3) is 0 Å². The molecule has 0 radical (unpaired) electrons. The molecule has 0 aliphatic carbocycles. The fourth-order valence-corrected chi connectivity index (χ4v) is 3.28. The highest BCUT2D eigenvalue weighted by Gasteiger charge is 2.21. The largest absolute Gasteiger partial charge is 0.381 e. The van der Waals surface area contributed by atoms with Crippen molar-refractivity contribution in [3.05, 3.63) is 17.5 Å². The zero-order chi connectivity index (χ0) is 17.8. The van der Waals surface area contributed by atoms with Gasteiger partial charge < -0.3 is 21.1 Å². The van der Waals surface area contributed by atoms with Crippen molar-refractivity contribution in [3.63, 3.8) is 0 Å². The molecule has 136 valence electrons. The molecule has 1 saturated heterocycles. The maximum atomic E-state index is 11.2. The number of carbonyl (C=O) groups excluding carboxylic acids is 1. The third-order valence-electron chi connectivity index (χ3n) is 4.62. The minimum absolute atomic E-state index is 0.335. The van der Waals surface area contributed by atoms with Crippen LogP contribution in [0.1, 0.15) is 37.9 Å². The first-order valence-corrected chi connectivity index (χ1v) is 8.88. The molecule has 0 atom stereocenters. The molecular formula is C17H26N6O2. The molecule has 3 rings (SSSR count). The predicted molar refractivity (Wildman–Crippen MR) is 96.5 cm³/mol. The van der Waals surface area contributed by atoms with Crippen molar-refractivity contribution in [2.24, 2.45) is 5.73 Å². The van der Waals surface area contributed by atoms with Crippen LogP contribution in [-0.2, 0) is 24.2 Å². The van der Waals surface area contributed by atoms with E-state index in [9.17, 15) is 4.79 Å². The zero-order valence-electron chi connectivity index (χ0n) is 14.8. The van der Waals surface area contributed by atoms with Gasteiger partial charge in [0.2, 0.25) is 0 Å². The van der Waals surface area contributed by atoms with Crippen LogP contribution in [0, 0.1) is 0 Å². The first-order valence-electron chi connectivity index (χ1n) is 8.88. The number of anilines is 1. The van der Waals surface area contributed by atoms with E-state index in [4.69, 9.17) is 15.5 Å². The number of aromatic nitrogens is 3. The lowest BCUT2D eigenvalue weighted by Crippen LogP contribution is -2.31. The van der Waals surface area contributed by atoms with E-state index in [1.165, 1.54) is 0 Å². The number of fused-ring (bicyclic) bond motifs is 1. The minimum atomic E-state index is -0.539. The van der Waals surface area contributed by atoms with Crippen molar-refractivity contribution in [3.8, 4) is 0 Å². The van der Waals surface area contributed by atoms with E-state index in [-0.39, 0.29) is 0 Å². The summed E-state index contributed by atoms with van der Waals surface area (Å²) in [7, 11) is 0. The number of nitrogens with one attached hydrogen (secondary N) is 2. The average Bonchev–Trinajstić information content (AvgIpc) is 3.04. The molecule has 8 heteroatoms. The highest BCUT2D eigenvalue weighted by atomic mass is 16.5. The number of rotatable bonds is 6. The lowest BCUT2D eigenvalue weighted by atomic mass is 10.0. The number of hydrogen-bond donors (Lipinski definition) is 3. The van der Waals surface area contributed by atoms with Crippen LogP contribution < -0.4 is 16.4 Å². The first kappa shape index (κ1) is 17.5. The van der Waals surface area contributed by atoms with E-state index in [1.54, 1.807) is 0 Å². The van der Waals surface area contributed by atoms with Gasteiger partial charge in [-0.15, -0.1) is 0 Å². The number of primary amides is 1. The van der Waals surface area contributed by atoms with Crippen LogP contribution in [0.25, 0.3) is 11.0 Å². The van der Waals surface area contributed by atoms with Crippen molar-refractivity contribution in [2.75, 3.05) is 18.5 Å². The summed E-state index contributed by atoms with van der Waals surface area (Å²) in [6.07, 6.45) is 4.52. The van der Waals surface area contributed by atoms with Crippen LogP contribution in [0.4, 0.5) is 10.5 Å². The van der Waals surface area contributed by atoms with E-state index in [0.29, 0.717) is 12.6 Å². The normalized spacial score (nSPS) is 15.4. The Morgan fingerprint density at radius 3 is 2.80 bits per heavy atom. The van der Waals surface area contributed by atoms with E-state index >= 15 is 0 Å². The van der Waals surface area contributed by atoms with Gasteiger partial charge in [-0.1, -0.05) is 6.92 Å². The number of nitrogens with zero attached hydrogens (tertiary/aromatic N) is 3. The molecule has 0 unspecified atom stereocenters. The van der Waals surface area contributed by atoms with Crippen molar-refractivity contribution in [1.82, 2.24) is 20.1 Å². The molecular weight excluding hydrogens is 320 g/mol. The van der Waals surface area contributed by atoms with Crippen molar-refractivity contribution < 1.29 is 9.53 Å². The molecule has 3 heterocycles. The van der Waals surface area contributed by atoms with Gasteiger partial charge in [0.1, 0.15) is 0 Å². The Labute approximate surface area is 147 Å². The molecule has 8 nitrogen and oxygen atoms in total. The maximum absolute atomic E-state index is 11.2. The van der Waals surface area contributed by atoms with Crippen LogP contribution in [0.5, 0.6) is 0 Å². The smallest absolute Gasteiger partial charge is 0.312 e. The van der Waals surface area contributed by atoms with Crippen molar-refractivity contribution >= 4 is 22.8 Å². The van der Waals surface area contributed by atoms with Gasteiger partial charge in [-0.2, -0.15) is 5.10 Å². The van der Waals surface area contributed by atoms with Crippen LogP contribution >= 0.6 is 0 Å². The number of pyridine rings is 1. The van der Waals surface area contributed by atoms with Gasteiger partial charge in [0, 0.05) is 43.6 Å². The van der Waals surface area contributed by atoms with Crippen LogP contribution in [-0.4, -0.2) is 40.1 Å². The molecule has 2 aromatic rings. The summed E-state index contributed by atoms with van der Waals surface area (Å²) in [6, 6.07) is -0.204. The highest BCUT2D eigenvalue weighted by molar-refractivity contribution is 5.91. The Bertz CT molecular complexity index is 751. The molecule has 1 aliphatic rings. The third-order valence-corrected chi connectivity index (χ3v) is 4.62. The second kappa shape index (κ2) is 7.69. The van der Waals surface area contributed by atoms with Gasteiger partial charge in [0.15, 0.2) is 5.65 Å². The lowest BCUT2D eigenvalue weighted by molar-refractivity contribution is 0.0904. The van der Waals surface area contributed by atoms with Crippen molar-refractivity contribution in [2.45, 2.75) is 52.2 Å². The molecule has 4 N–H and O–H groups in total. The summed E-state index contributed by atoms with van der Waals surface area (Å²) in [4.78, 5) is 16.0. The molecule has 1 aliphatic heterocycles. The Morgan fingerprint density at radius 1 is 1.40 bits per heavy atom. The number of nitrogens with two attached hydrogens (primary N) is 1. The maximum Gasteiger partial charge on any atom is 0.312 e. The number of ether oxygens (including phenoxy) is 1. The second-order valence-corrected chi connectivity index (χ2v) is 6.21. The molecule has 0 saturated carbocycles. The predicted octanol–water partition coefficient (Wildman–Crippen LogP) is 1.77. The number of urea groups is 1. The van der Waals surface area contributed by atoms with Gasteiger partial charge >= 0.3 is 6.03 Å². The summed E-state index contributed by atoms with van der Waals surface area (Å²) in [5.74, 6) is 0. The highest BCUT2D eigenvalue weighted by Crippen LogP contribution is 2.31. The number of amides is 2. The van der Waals surface area contributed by atoms with Gasteiger partial charge in [-0.3, -0.25) is 0 Å². The Morgan fingerprint density at radius 2 is 2.16 bits per heavy atom. The third kappa shape index (κ3) is 3.68. The molecule has 1 fully saturated rings. The lowest BCUT2D eigenvalue weighted by Gasteiger charge is -2.26. The molecule has 0 aromatic carbocycles. The van der Waals surface area contributed by atoms with Crippen molar-refractivity contribution in [1.29, 1.82) is 0 Å². The van der Waals surface area contributed by atoms with Gasteiger partial charge in [-0.25, -0.2) is 14.5 Å². The fraction of sp³-hybridized carbons (Fsp3) is 0.588. The molecule has 0 spiro atoms. The van der Waals surface area contributed by atoms with Gasteiger partial charge in [-0.05, 0) is 26.2 Å². The van der Waals surface area contributed by atoms with Gasteiger partial charge in [0.05, 0.1) is 17.3 Å². The fourth-order valence-electron chi connectivity index (χ4n) is 3.28. The second-order valence-electron chi connectivity index (χ2n) is 6.21. The minimum Gasteiger partial charge on any atom is -0.381 e. The Kier molecular flexibility index (Phi) is 5.37. The number of carbonyl (C=O) groups is 1. The summed E-state index contributed by atoms with van der Waals surface area (Å²) in [6.45, 7) is 6.74. The molecule has 25 heavy (non-hydrogen) atoms.